The summed E-state index contributed by atoms with van der Waals surface area (Å²) in [7, 11) is 1.74. The normalized spacial score (nSPS) is 10.3. The molecule has 2 rings (SSSR count). The summed E-state index contributed by atoms with van der Waals surface area (Å²) in [5.74, 6) is -0.537. The largest absolute Gasteiger partial charge is 0.478 e. The highest BCUT2D eigenvalue weighted by Gasteiger charge is 2.13. The molecule has 5 nitrogen and oxygen atoms in total. The van der Waals surface area contributed by atoms with Gasteiger partial charge in [-0.1, -0.05) is 23.2 Å². The molecule has 2 aromatic rings. The highest BCUT2D eigenvalue weighted by atomic mass is 35.5. The van der Waals surface area contributed by atoms with E-state index in [2.05, 4.69) is 10.2 Å². The summed E-state index contributed by atoms with van der Waals surface area (Å²) in [4.78, 5) is 12.7. The van der Waals surface area contributed by atoms with Gasteiger partial charge in [0.2, 0.25) is 0 Å². The Morgan fingerprint density at radius 1 is 1.21 bits per heavy atom. The molecule has 0 atom stereocenters. The molecule has 0 saturated heterocycles. The molecule has 19 heavy (non-hydrogen) atoms. The first-order valence-corrected chi connectivity index (χ1v) is 6.00. The van der Waals surface area contributed by atoms with E-state index in [9.17, 15) is 4.79 Å². The summed E-state index contributed by atoms with van der Waals surface area (Å²) in [5, 5.41) is 17.2. The van der Waals surface area contributed by atoms with Gasteiger partial charge in [0, 0.05) is 12.7 Å². The number of rotatable bonds is 3. The van der Waals surface area contributed by atoms with Crippen molar-refractivity contribution >= 4 is 40.7 Å². The van der Waals surface area contributed by atoms with Gasteiger partial charge in [0.15, 0.2) is 11.0 Å². The maximum Gasteiger partial charge on any atom is 0.337 e. The number of hydrogen-bond acceptors (Lipinski definition) is 4. The molecular weight excluding hydrogens is 289 g/mol. The van der Waals surface area contributed by atoms with Crippen LogP contribution in [0.3, 0.4) is 0 Å². The number of nitrogens with zero attached hydrogens (tertiary/aromatic N) is 3. The van der Waals surface area contributed by atoms with Crippen LogP contribution < -0.4 is 4.90 Å². The smallest absolute Gasteiger partial charge is 0.337 e. The fourth-order valence-electron chi connectivity index (χ4n) is 1.51. The van der Waals surface area contributed by atoms with Gasteiger partial charge < -0.3 is 10.0 Å². The van der Waals surface area contributed by atoms with Crippen molar-refractivity contribution in [1.29, 1.82) is 0 Å². The zero-order valence-corrected chi connectivity index (χ0v) is 11.4. The van der Waals surface area contributed by atoms with Crippen LogP contribution in [-0.4, -0.2) is 28.3 Å². The van der Waals surface area contributed by atoms with Crippen molar-refractivity contribution < 1.29 is 9.90 Å². The quantitative estimate of drug-likeness (QED) is 0.942. The maximum absolute atomic E-state index is 11.0. The predicted octanol–water partition coefficient (Wildman–Crippen LogP) is 3.25. The summed E-state index contributed by atoms with van der Waals surface area (Å²) in [6.45, 7) is 0. The number of benzene rings is 1. The molecule has 0 unspecified atom stereocenters. The van der Waals surface area contributed by atoms with Crippen LogP contribution in [0, 0.1) is 0 Å². The van der Waals surface area contributed by atoms with Crippen LogP contribution >= 0.6 is 23.2 Å². The van der Waals surface area contributed by atoms with Crippen molar-refractivity contribution in [2.24, 2.45) is 0 Å². The van der Waals surface area contributed by atoms with E-state index in [0.29, 0.717) is 16.7 Å². The first kappa shape index (κ1) is 13.6. The monoisotopic (exact) mass is 297 g/mol. The van der Waals surface area contributed by atoms with Crippen molar-refractivity contribution in [2.75, 3.05) is 11.9 Å². The molecule has 1 aromatic carbocycles. The molecular formula is C12H9Cl2N3O2. The van der Waals surface area contributed by atoms with Gasteiger partial charge in [-0.3, -0.25) is 0 Å². The van der Waals surface area contributed by atoms with Crippen LogP contribution in [0.1, 0.15) is 10.4 Å². The molecule has 0 bridgehead atoms. The molecule has 0 saturated carbocycles. The van der Waals surface area contributed by atoms with Gasteiger partial charge in [0.05, 0.1) is 10.6 Å². The predicted molar refractivity (Wildman–Crippen MR) is 73.5 cm³/mol. The van der Waals surface area contributed by atoms with Crippen molar-refractivity contribution in [3.63, 3.8) is 0 Å². The minimum Gasteiger partial charge on any atom is -0.478 e. The van der Waals surface area contributed by atoms with Gasteiger partial charge in [-0.15, -0.1) is 10.2 Å². The molecule has 98 valence electrons. The second kappa shape index (κ2) is 5.42. The van der Waals surface area contributed by atoms with Crippen LogP contribution in [-0.2, 0) is 0 Å². The number of carboxylic acids is 1. The standard InChI is InChI=1S/C12H9Cl2N3O2/c1-17(11-5-4-10(14)15-16-11)7-2-3-9(13)8(6-7)12(18)19/h2-6H,1H3,(H,18,19). The molecule has 0 radical (unpaired) electrons. The van der Waals surface area contributed by atoms with Gasteiger partial charge in [-0.2, -0.15) is 0 Å². The van der Waals surface area contributed by atoms with Crippen LogP contribution in [0.15, 0.2) is 30.3 Å². The topological polar surface area (TPSA) is 66.3 Å². The third-order valence-electron chi connectivity index (χ3n) is 2.53. The molecule has 0 amide bonds. The average Bonchev–Trinajstić information content (AvgIpc) is 2.39. The lowest BCUT2D eigenvalue weighted by molar-refractivity contribution is 0.0697. The lowest BCUT2D eigenvalue weighted by Gasteiger charge is -2.18. The van der Waals surface area contributed by atoms with Crippen molar-refractivity contribution in [2.45, 2.75) is 0 Å². The highest BCUT2D eigenvalue weighted by Crippen LogP contribution is 2.26. The Morgan fingerprint density at radius 3 is 2.53 bits per heavy atom. The van der Waals surface area contributed by atoms with Crippen LogP contribution in [0.4, 0.5) is 11.5 Å². The maximum atomic E-state index is 11.0. The fourth-order valence-corrected chi connectivity index (χ4v) is 1.81. The zero-order valence-electron chi connectivity index (χ0n) is 9.84. The van der Waals surface area contributed by atoms with E-state index in [1.807, 2.05) is 0 Å². The Kier molecular flexibility index (Phi) is 3.87. The summed E-state index contributed by atoms with van der Waals surface area (Å²) < 4.78 is 0. The van der Waals surface area contributed by atoms with Gasteiger partial charge in [-0.05, 0) is 30.3 Å². The molecule has 0 spiro atoms. The fraction of sp³-hybridized carbons (Fsp3) is 0.0833. The number of anilines is 2. The minimum absolute atomic E-state index is 0.0351. The second-order valence-electron chi connectivity index (χ2n) is 3.74. The van der Waals surface area contributed by atoms with Crippen molar-refractivity contribution in [1.82, 2.24) is 10.2 Å². The summed E-state index contributed by atoms with van der Waals surface area (Å²) in [6.07, 6.45) is 0. The molecule has 1 aromatic heterocycles. The Morgan fingerprint density at radius 2 is 1.95 bits per heavy atom. The Bertz CT molecular complexity index is 617. The molecule has 1 heterocycles. The number of aromatic nitrogens is 2. The van der Waals surface area contributed by atoms with E-state index in [1.54, 1.807) is 30.1 Å². The molecule has 0 aliphatic carbocycles. The molecule has 0 fully saturated rings. The number of carboxylic acid groups (broad SMARTS) is 1. The first-order chi connectivity index (χ1) is 8.99. The van der Waals surface area contributed by atoms with Gasteiger partial charge in [0.25, 0.3) is 0 Å². The van der Waals surface area contributed by atoms with E-state index in [1.165, 1.54) is 12.1 Å². The molecule has 7 heteroatoms. The summed E-state index contributed by atoms with van der Waals surface area (Å²) >= 11 is 11.5. The zero-order chi connectivity index (χ0) is 14.0. The van der Waals surface area contributed by atoms with Crippen molar-refractivity contribution in [3.8, 4) is 0 Å². The molecule has 0 aliphatic heterocycles. The number of carbonyl (C=O) groups is 1. The lowest BCUT2D eigenvalue weighted by atomic mass is 10.2. The Hall–Kier alpha value is -1.85. The van der Waals surface area contributed by atoms with Gasteiger partial charge in [-0.25, -0.2) is 4.79 Å². The van der Waals surface area contributed by atoms with Gasteiger partial charge in [0.1, 0.15) is 0 Å². The van der Waals surface area contributed by atoms with E-state index < -0.39 is 5.97 Å². The third-order valence-corrected chi connectivity index (χ3v) is 3.06. The lowest BCUT2D eigenvalue weighted by Crippen LogP contribution is -2.12. The van der Waals surface area contributed by atoms with Gasteiger partial charge >= 0.3 is 5.97 Å². The number of aromatic carboxylic acids is 1. The van der Waals surface area contributed by atoms with E-state index in [0.717, 1.165) is 0 Å². The summed E-state index contributed by atoms with van der Waals surface area (Å²) in [6, 6.07) is 7.99. The molecule has 1 N–H and O–H groups in total. The van der Waals surface area contributed by atoms with Crippen LogP contribution in [0.5, 0.6) is 0 Å². The minimum atomic E-state index is -1.08. The third kappa shape index (κ3) is 2.94. The SMILES string of the molecule is CN(c1ccc(Cl)c(C(=O)O)c1)c1ccc(Cl)nn1. The number of hydrogen-bond donors (Lipinski definition) is 1. The molecule has 0 aliphatic rings. The van der Waals surface area contributed by atoms with E-state index in [4.69, 9.17) is 28.3 Å². The van der Waals surface area contributed by atoms with Crippen LogP contribution in [0.25, 0.3) is 0 Å². The van der Waals surface area contributed by atoms with E-state index >= 15 is 0 Å². The second-order valence-corrected chi connectivity index (χ2v) is 4.54. The Balaban J connectivity index is 2.38. The van der Waals surface area contributed by atoms with Crippen molar-refractivity contribution in [3.05, 3.63) is 46.1 Å². The first-order valence-electron chi connectivity index (χ1n) is 5.25. The summed E-state index contributed by atoms with van der Waals surface area (Å²) in [5.41, 5.74) is 0.673. The Labute approximate surface area is 119 Å². The number of halogens is 2. The van der Waals surface area contributed by atoms with Crippen LogP contribution in [0.2, 0.25) is 10.2 Å². The highest BCUT2D eigenvalue weighted by molar-refractivity contribution is 6.33. The average molecular weight is 298 g/mol. The van der Waals surface area contributed by atoms with E-state index in [-0.39, 0.29) is 10.6 Å².